The van der Waals surface area contributed by atoms with Gasteiger partial charge in [-0.3, -0.25) is 9.98 Å². The van der Waals surface area contributed by atoms with Gasteiger partial charge in [0.2, 0.25) is 0 Å². The van der Waals surface area contributed by atoms with Crippen LogP contribution < -0.4 is 0 Å². The topological polar surface area (TPSA) is 65.2 Å². The molecule has 0 aromatic heterocycles. The number of nitrogens with zero attached hydrogens (tertiary/aromatic N) is 2. The van der Waals surface area contributed by atoms with Crippen LogP contribution in [0, 0.1) is 0 Å². The smallest absolute Gasteiger partial charge is 0.124 e. The Morgan fingerprint density at radius 3 is 1.50 bits per heavy atom. The fourth-order valence-electron chi connectivity index (χ4n) is 2.29. The van der Waals surface area contributed by atoms with Crippen LogP contribution >= 0.6 is 0 Å². The summed E-state index contributed by atoms with van der Waals surface area (Å²) >= 11 is 0. The van der Waals surface area contributed by atoms with E-state index in [0.29, 0.717) is 13.1 Å². The second kappa shape index (κ2) is 9.91. The molecule has 0 aliphatic rings. The molecule has 0 unspecified atom stereocenters. The second-order valence-corrected chi connectivity index (χ2v) is 5.32. The number of hydrogen-bond donors (Lipinski definition) is 2. The van der Waals surface area contributed by atoms with Crippen LogP contribution in [0.15, 0.2) is 58.5 Å². The molecule has 2 rings (SSSR count). The van der Waals surface area contributed by atoms with E-state index >= 15 is 0 Å². The molecule has 131 valence electrons. The number of benzene rings is 2. The molecule has 0 fully saturated rings. The first-order chi connectivity index (χ1) is 11.1. The zero-order valence-corrected chi connectivity index (χ0v) is 14.8. The number of aliphatic imine (C=N–C) groups is 2. The standard InChI is InChI=1S/C19H22N2O2.Cu/c1-14(16-8-3-5-10-18(16)22)20-12-7-13-21-15(2)17-9-4-6-11-19(17)23;/h3-6,8-11,22-23H,7,12-13H2,1-2H3;/i;1+3. The minimum absolute atomic E-state index is 0. The maximum absolute atomic E-state index is 9.78. The number of para-hydroxylation sites is 2. The Labute approximate surface area is 153 Å². The summed E-state index contributed by atoms with van der Waals surface area (Å²) in [6.07, 6.45) is 0.815. The van der Waals surface area contributed by atoms with Crippen LogP contribution in [0.3, 0.4) is 0 Å². The number of phenols is 2. The fourth-order valence-corrected chi connectivity index (χ4v) is 2.29. The predicted molar refractivity (Wildman–Crippen MR) is 95.0 cm³/mol. The van der Waals surface area contributed by atoms with Crippen molar-refractivity contribution in [2.45, 2.75) is 20.3 Å². The van der Waals surface area contributed by atoms with Crippen molar-refractivity contribution >= 4 is 11.4 Å². The first-order valence-corrected chi connectivity index (χ1v) is 7.68. The Kier molecular flexibility index (Phi) is 8.24. The van der Waals surface area contributed by atoms with E-state index in [1.54, 1.807) is 24.3 Å². The molecule has 0 amide bonds. The Hall–Kier alpha value is -2.10. The van der Waals surface area contributed by atoms with Gasteiger partial charge in [-0.15, -0.1) is 0 Å². The normalized spacial score (nSPS) is 11.9. The first kappa shape index (κ1) is 19.9. The van der Waals surface area contributed by atoms with E-state index < -0.39 is 0 Å². The van der Waals surface area contributed by atoms with Crippen LogP contribution in [-0.2, 0) is 17.1 Å². The van der Waals surface area contributed by atoms with Gasteiger partial charge in [-0.1, -0.05) is 24.3 Å². The van der Waals surface area contributed by atoms with Gasteiger partial charge in [-0.25, -0.2) is 0 Å². The number of rotatable bonds is 6. The van der Waals surface area contributed by atoms with Crippen LogP contribution in [0.2, 0.25) is 0 Å². The van der Waals surface area contributed by atoms with Crippen LogP contribution in [0.25, 0.3) is 0 Å². The second-order valence-electron chi connectivity index (χ2n) is 5.32. The fraction of sp³-hybridized carbons (Fsp3) is 0.263. The Bertz CT molecular complexity index is 665. The third-order valence-corrected chi connectivity index (χ3v) is 3.60. The molecule has 2 aromatic carbocycles. The zero-order chi connectivity index (χ0) is 16.7. The Balaban J connectivity index is 0.00000288. The summed E-state index contributed by atoms with van der Waals surface area (Å²) in [5.41, 5.74) is 3.18. The molecule has 0 atom stereocenters. The van der Waals surface area contributed by atoms with Gasteiger partial charge in [0.25, 0.3) is 0 Å². The van der Waals surface area contributed by atoms with Gasteiger partial charge in [0.15, 0.2) is 0 Å². The molecule has 0 heterocycles. The van der Waals surface area contributed by atoms with Gasteiger partial charge in [0, 0.05) is 52.7 Å². The number of aromatic hydroxyl groups is 2. The zero-order valence-electron chi connectivity index (χ0n) is 13.8. The van der Waals surface area contributed by atoms with Crippen molar-refractivity contribution in [3.05, 3.63) is 59.7 Å². The average molecular weight is 377 g/mol. The summed E-state index contributed by atoms with van der Waals surface area (Å²) in [5, 5.41) is 19.6. The molecule has 24 heavy (non-hydrogen) atoms. The van der Waals surface area contributed by atoms with Gasteiger partial charge < -0.3 is 10.2 Å². The predicted octanol–water partition coefficient (Wildman–Crippen LogP) is 3.80. The van der Waals surface area contributed by atoms with Crippen LogP contribution in [0.4, 0.5) is 0 Å². The van der Waals surface area contributed by atoms with E-state index in [4.69, 9.17) is 0 Å². The molecular weight excluding hydrogens is 355 g/mol. The largest absolute Gasteiger partial charge is 0.507 e. The molecule has 5 heteroatoms. The Morgan fingerprint density at radius 1 is 0.750 bits per heavy atom. The molecule has 4 nitrogen and oxygen atoms in total. The van der Waals surface area contributed by atoms with Crippen LogP contribution in [0.5, 0.6) is 11.5 Å². The SMILES string of the molecule is CC(=NCCCN=C(C)c1ccccc1O)c1ccccc1O.[67Cu]. The quantitative estimate of drug-likeness (QED) is 0.457. The molecule has 0 spiro atoms. The van der Waals surface area contributed by atoms with Crippen molar-refractivity contribution in [2.75, 3.05) is 13.1 Å². The molecule has 0 aliphatic carbocycles. The van der Waals surface area contributed by atoms with E-state index in [0.717, 1.165) is 29.0 Å². The van der Waals surface area contributed by atoms with Gasteiger partial charge in [-0.05, 0) is 44.5 Å². The van der Waals surface area contributed by atoms with E-state index in [1.165, 1.54) is 0 Å². The summed E-state index contributed by atoms with van der Waals surface area (Å²) < 4.78 is 0. The van der Waals surface area contributed by atoms with E-state index in [1.807, 2.05) is 38.1 Å². The van der Waals surface area contributed by atoms with Gasteiger partial charge in [0.1, 0.15) is 11.5 Å². The summed E-state index contributed by atoms with van der Waals surface area (Å²) in [6.45, 7) is 5.09. The maximum atomic E-state index is 9.78. The first-order valence-electron chi connectivity index (χ1n) is 7.68. The van der Waals surface area contributed by atoms with Gasteiger partial charge in [0.05, 0.1) is 0 Å². The summed E-state index contributed by atoms with van der Waals surface area (Å²) in [6, 6.07) is 14.4. The van der Waals surface area contributed by atoms with Crippen molar-refractivity contribution in [1.82, 2.24) is 0 Å². The van der Waals surface area contributed by atoms with Crippen molar-refractivity contribution in [3.63, 3.8) is 0 Å². The molecule has 0 saturated heterocycles. The summed E-state index contributed by atoms with van der Waals surface area (Å²) in [4.78, 5) is 8.96. The van der Waals surface area contributed by atoms with Gasteiger partial charge in [-0.2, -0.15) is 0 Å². The van der Waals surface area contributed by atoms with Crippen molar-refractivity contribution in [2.24, 2.45) is 9.98 Å². The van der Waals surface area contributed by atoms with Crippen molar-refractivity contribution in [1.29, 1.82) is 0 Å². The minimum Gasteiger partial charge on any atom is -0.507 e. The van der Waals surface area contributed by atoms with E-state index in [9.17, 15) is 10.2 Å². The summed E-state index contributed by atoms with van der Waals surface area (Å²) in [7, 11) is 0. The van der Waals surface area contributed by atoms with E-state index in [-0.39, 0.29) is 28.6 Å². The monoisotopic (exact) mass is 377 g/mol. The molecule has 0 bridgehead atoms. The van der Waals surface area contributed by atoms with Gasteiger partial charge >= 0.3 is 0 Å². The third kappa shape index (κ3) is 5.52. The van der Waals surface area contributed by atoms with E-state index in [2.05, 4.69) is 9.98 Å². The van der Waals surface area contributed by atoms with Crippen molar-refractivity contribution < 1.29 is 27.3 Å². The average Bonchev–Trinajstić information content (AvgIpc) is 2.55. The molecule has 2 N–H and O–H groups in total. The minimum atomic E-state index is 0. The maximum Gasteiger partial charge on any atom is 0.124 e. The number of hydrogen-bond acceptors (Lipinski definition) is 4. The molecule has 2 aromatic rings. The summed E-state index contributed by atoms with van der Waals surface area (Å²) in [5.74, 6) is 0.504. The van der Waals surface area contributed by atoms with Crippen LogP contribution in [-0.4, -0.2) is 34.7 Å². The number of phenolic OH excluding ortho intramolecular Hbond substituents is 2. The van der Waals surface area contributed by atoms with Crippen molar-refractivity contribution in [3.8, 4) is 11.5 Å². The molecule has 1 radical (unpaired) electrons. The molecule has 0 aliphatic heterocycles. The Morgan fingerprint density at radius 2 is 1.12 bits per heavy atom. The molecule has 0 saturated carbocycles. The van der Waals surface area contributed by atoms with Crippen LogP contribution in [0.1, 0.15) is 31.4 Å². The third-order valence-electron chi connectivity index (χ3n) is 3.60. The molecular formula is C19H22CuN2O2.